The molecule has 1 aromatic carbocycles. The summed E-state index contributed by atoms with van der Waals surface area (Å²) in [6.07, 6.45) is 0.103. The number of aromatic nitrogens is 1. The average molecular weight is 289 g/mol. The van der Waals surface area contributed by atoms with E-state index in [1.54, 1.807) is 0 Å². The Bertz CT molecular complexity index is 588. The Balaban J connectivity index is 1.82. The molecule has 104 valence electrons. The van der Waals surface area contributed by atoms with Gasteiger partial charge in [0.2, 0.25) is 5.88 Å². The van der Waals surface area contributed by atoms with Gasteiger partial charge in [0.25, 0.3) is 0 Å². The number of rotatable bonds is 2. The van der Waals surface area contributed by atoms with Crippen molar-refractivity contribution in [2.45, 2.75) is 26.1 Å². The normalized spacial score (nSPS) is 19.0. The minimum absolute atomic E-state index is 0.103. The minimum Gasteiger partial charge on any atom is -0.473 e. The lowest BCUT2D eigenvalue weighted by molar-refractivity contribution is 0.153. The first kappa shape index (κ1) is 13.4. The Morgan fingerprint density at radius 3 is 2.85 bits per heavy atom. The summed E-state index contributed by atoms with van der Waals surface area (Å²) >= 11 is 5.94. The van der Waals surface area contributed by atoms with E-state index in [1.807, 2.05) is 18.2 Å². The number of hydrogen-bond donors (Lipinski definition) is 0. The van der Waals surface area contributed by atoms with Crippen LogP contribution in [0.3, 0.4) is 0 Å². The molecule has 1 aliphatic rings. The van der Waals surface area contributed by atoms with Crippen LogP contribution in [0.1, 0.15) is 18.1 Å². The van der Waals surface area contributed by atoms with Gasteiger partial charge in [0, 0.05) is 25.2 Å². The Morgan fingerprint density at radius 2 is 2.05 bits per heavy atom. The number of fused-ring (bicyclic) bond motifs is 1. The molecule has 0 radical (unpaired) electrons. The summed E-state index contributed by atoms with van der Waals surface area (Å²) in [5, 5.41) is 0.479. The maximum Gasteiger partial charge on any atom is 0.219 e. The van der Waals surface area contributed by atoms with E-state index in [2.05, 4.69) is 41.1 Å². The fourth-order valence-electron chi connectivity index (χ4n) is 2.53. The highest BCUT2D eigenvalue weighted by molar-refractivity contribution is 6.29. The zero-order valence-corrected chi connectivity index (χ0v) is 12.2. The Kier molecular flexibility index (Phi) is 3.90. The topological polar surface area (TPSA) is 25.4 Å². The molecule has 2 aromatic rings. The fraction of sp³-hybridized carbons (Fsp3) is 0.312. The number of nitrogens with zero attached hydrogens (tertiary/aromatic N) is 2. The first-order valence-corrected chi connectivity index (χ1v) is 7.17. The maximum atomic E-state index is 5.94. The zero-order chi connectivity index (χ0) is 13.9. The highest BCUT2D eigenvalue weighted by Crippen LogP contribution is 2.25. The third-order valence-electron chi connectivity index (χ3n) is 3.38. The summed E-state index contributed by atoms with van der Waals surface area (Å²) < 4.78 is 5.87. The van der Waals surface area contributed by atoms with Crippen molar-refractivity contribution in [3.63, 3.8) is 0 Å². The van der Waals surface area contributed by atoms with Crippen molar-refractivity contribution >= 4 is 11.6 Å². The molecule has 0 fully saturated rings. The van der Waals surface area contributed by atoms with E-state index < -0.39 is 0 Å². The summed E-state index contributed by atoms with van der Waals surface area (Å²) in [5.74, 6) is 0.667. The molecule has 20 heavy (non-hydrogen) atoms. The van der Waals surface area contributed by atoms with Crippen molar-refractivity contribution in [3.05, 3.63) is 58.7 Å². The van der Waals surface area contributed by atoms with E-state index in [-0.39, 0.29) is 6.10 Å². The molecular formula is C16H17ClN2O. The molecule has 0 amide bonds. The van der Waals surface area contributed by atoms with Gasteiger partial charge < -0.3 is 4.74 Å². The highest BCUT2D eigenvalue weighted by atomic mass is 35.5. The van der Waals surface area contributed by atoms with E-state index in [9.17, 15) is 0 Å². The van der Waals surface area contributed by atoms with Crippen molar-refractivity contribution in [2.24, 2.45) is 0 Å². The predicted molar refractivity (Wildman–Crippen MR) is 79.9 cm³/mol. The van der Waals surface area contributed by atoms with Crippen LogP contribution in [0.15, 0.2) is 42.5 Å². The highest BCUT2D eigenvalue weighted by Gasteiger charge is 2.21. The minimum atomic E-state index is 0.103. The first-order valence-electron chi connectivity index (χ1n) is 6.79. The van der Waals surface area contributed by atoms with Gasteiger partial charge in [-0.25, -0.2) is 4.98 Å². The van der Waals surface area contributed by atoms with Crippen molar-refractivity contribution in [2.75, 3.05) is 6.54 Å². The Hall–Kier alpha value is -1.58. The molecule has 1 atom stereocenters. The van der Waals surface area contributed by atoms with Gasteiger partial charge in [-0.15, -0.1) is 0 Å². The van der Waals surface area contributed by atoms with Crippen LogP contribution in [-0.2, 0) is 13.1 Å². The molecule has 0 N–H and O–H groups in total. The van der Waals surface area contributed by atoms with Gasteiger partial charge >= 0.3 is 0 Å². The standard InChI is InChI=1S/C16H17ClN2O/c1-12-9-19(10-13-5-3-2-4-6-13)11-14-7-8-15(17)18-16(14)20-12/h2-8,12H,9-11H2,1H3. The Labute approximate surface area is 124 Å². The lowest BCUT2D eigenvalue weighted by Crippen LogP contribution is -2.30. The number of benzene rings is 1. The van der Waals surface area contributed by atoms with E-state index in [0.29, 0.717) is 11.0 Å². The van der Waals surface area contributed by atoms with E-state index in [1.165, 1.54) is 5.56 Å². The molecule has 1 aromatic heterocycles. The second kappa shape index (κ2) is 5.81. The Morgan fingerprint density at radius 1 is 1.25 bits per heavy atom. The lowest BCUT2D eigenvalue weighted by atomic mass is 10.2. The van der Waals surface area contributed by atoms with Gasteiger partial charge in [0.1, 0.15) is 11.3 Å². The lowest BCUT2D eigenvalue weighted by Gasteiger charge is -2.21. The quantitative estimate of drug-likeness (QED) is 0.791. The summed E-state index contributed by atoms with van der Waals surface area (Å²) in [6, 6.07) is 14.3. The molecule has 1 aliphatic heterocycles. The first-order chi connectivity index (χ1) is 9.70. The fourth-order valence-corrected chi connectivity index (χ4v) is 2.67. The molecule has 4 heteroatoms. The van der Waals surface area contributed by atoms with Crippen LogP contribution >= 0.6 is 11.6 Å². The van der Waals surface area contributed by atoms with E-state index >= 15 is 0 Å². The monoisotopic (exact) mass is 288 g/mol. The molecule has 0 spiro atoms. The number of halogens is 1. The van der Waals surface area contributed by atoms with Gasteiger partial charge in [0.15, 0.2) is 0 Å². The van der Waals surface area contributed by atoms with Crippen LogP contribution in [-0.4, -0.2) is 22.5 Å². The molecule has 3 rings (SSSR count). The predicted octanol–water partition coefficient (Wildman–Crippen LogP) is 3.52. The summed E-state index contributed by atoms with van der Waals surface area (Å²) in [7, 11) is 0. The van der Waals surface area contributed by atoms with Gasteiger partial charge in [-0.3, -0.25) is 4.90 Å². The largest absolute Gasteiger partial charge is 0.473 e. The molecule has 2 heterocycles. The summed E-state index contributed by atoms with van der Waals surface area (Å²) in [5.41, 5.74) is 2.40. The molecular weight excluding hydrogens is 272 g/mol. The van der Waals surface area contributed by atoms with E-state index in [0.717, 1.165) is 25.2 Å². The van der Waals surface area contributed by atoms with Crippen molar-refractivity contribution in [3.8, 4) is 5.88 Å². The second-order valence-corrected chi connectivity index (χ2v) is 5.57. The van der Waals surface area contributed by atoms with Crippen molar-refractivity contribution in [1.82, 2.24) is 9.88 Å². The van der Waals surface area contributed by atoms with E-state index in [4.69, 9.17) is 16.3 Å². The van der Waals surface area contributed by atoms with Gasteiger partial charge in [-0.2, -0.15) is 0 Å². The summed E-state index contributed by atoms with van der Waals surface area (Å²) in [4.78, 5) is 6.66. The third kappa shape index (κ3) is 3.11. The maximum absolute atomic E-state index is 5.94. The van der Waals surface area contributed by atoms with Crippen LogP contribution in [0.4, 0.5) is 0 Å². The van der Waals surface area contributed by atoms with Gasteiger partial charge in [0.05, 0.1) is 0 Å². The molecule has 0 aliphatic carbocycles. The van der Waals surface area contributed by atoms with Crippen molar-refractivity contribution < 1.29 is 4.74 Å². The molecule has 0 saturated heterocycles. The average Bonchev–Trinajstić information content (AvgIpc) is 2.57. The van der Waals surface area contributed by atoms with Gasteiger partial charge in [-0.05, 0) is 24.6 Å². The molecule has 3 nitrogen and oxygen atoms in total. The smallest absolute Gasteiger partial charge is 0.219 e. The molecule has 0 saturated carbocycles. The second-order valence-electron chi connectivity index (χ2n) is 5.18. The van der Waals surface area contributed by atoms with Crippen LogP contribution in [0.2, 0.25) is 5.15 Å². The van der Waals surface area contributed by atoms with Crippen molar-refractivity contribution in [1.29, 1.82) is 0 Å². The number of pyridine rings is 1. The SMILES string of the molecule is CC1CN(Cc2ccccc2)Cc2ccc(Cl)nc2O1. The molecule has 0 bridgehead atoms. The van der Waals surface area contributed by atoms with Crippen LogP contribution in [0.5, 0.6) is 5.88 Å². The zero-order valence-electron chi connectivity index (χ0n) is 11.4. The molecule has 1 unspecified atom stereocenters. The third-order valence-corrected chi connectivity index (χ3v) is 3.59. The van der Waals surface area contributed by atoms with Crippen LogP contribution in [0.25, 0.3) is 0 Å². The van der Waals surface area contributed by atoms with Gasteiger partial charge in [-0.1, -0.05) is 41.9 Å². The van der Waals surface area contributed by atoms with Crippen LogP contribution < -0.4 is 4.74 Å². The number of hydrogen-bond acceptors (Lipinski definition) is 3. The van der Waals surface area contributed by atoms with Crippen LogP contribution in [0, 0.1) is 0 Å². The number of ether oxygens (including phenoxy) is 1. The summed E-state index contributed by atoms with van der Waals surface area (Å²) in [6.45, 7) is 4.69.